The van der Waals surface area contributed by atoms with Gasteiger partial charge in [0, 0.05) is 29.0 Å². The van der Waals surface area contributed by atoms with Crippen molar-refractivity contribution in [2.45, 2.75) is 19.8 Å². The molecule has 1 fully saturated rings. The van der Waals surface area contributed by atoms with Crippen LogP contribution in [0.5, 0.6) is 0 Å². The quantitative estimate of drug-likeness (QED) is 0.781. The number of hydrogen-bond donors (Lipinski definition) is 0. The molecule has 0 spiro atoms. The second-order valence-corrected chi connectivity index (χ2v) is 5.25. The van der Waals surface area contributed by atoms with Crippen molar-refractivity contribution < 1.29 is 4.79 Å². The Bertz CT molecular complexity index is 456. The molecule has 0 aromatic heterocycles. The van der Waals surface area contributed by atoms with E-state index in [0.29, 0.717) is 6.42 Å². The maximum absolute atomic E-state index is 12.0. The third-order valence-corrected chi connectivity index (χ3v) is 3.69. The molecule has 0 aliphatic carbocycles. The summed E-state index contributed by atoms with van der Waals surface area (Å²) in [4.78, 5) is 13.9. The van der Waals surface area contributed by atoms with Crippen molar-refractivity contribution in [1.82, 2.24) is 0 Å². The Kier molecular flexibility index (Phi) is 3.67. The molecule has 1 unspecified atom stereocenters. The average molecular weight is 294 g/mol. The maximum atomic E-state index is 12.0. The van der Waals surface area contributed by atoms with Crippen molar-refractivity contribution >= 4 is 27.5 Å². The molecule has 1 heterocycles. The highest BCUT2D eigenvalue weighted by atomic mass is 79.9. The number of anilines is 1. The molecule has 1 aromatic rings. The molecule has 0 N–H and O–H groups in total. The van der Waals surface area contributed by atoms with Crippen molar-refractivity contribution in [3.05, 3.63) is 40.9 Å². The van der Waals surface area contributed by atoms with Crippen LogP contribution in [0.2, 0.25) is 0 Å². The smallest absolute Gasteiger partial charge is 0.227 e. The van der Waals surface area contributed by atoms with Crippen LogP contribution in [-0.2, 0) is 11.2 Å². The third kappa shape index (κ3) is 2.44. The summed E-state index contributed by atoms with van der Waals surface area (Å²) in [6.07, 6.45) is 3.39. The van der Waals surface area contributed by atoms with Gasteiger partial charge in [0.15, 0.2) is 0 Å². The second-order valence-electron chi connectivity index (χ2n) is 4.33. The molecule has 0 saturated carbocycles. The van der Waals surface area contributed by atoms with E-state index in [0.717, 1.165) is 23.1 Å². The third-order valence-electron chi connectivity index (χ3n) is 3.20. The molecular formula is C14H16BrNO. The number of nitrogens with zero attached hydrogens (tertiary/aromatic N) is 1. The van der Waals surface area contributed by atoms with Gasteiger partial charge in [0.25, 0.3) is 0 Å². The molecule has 3 heteroatoms. The van der Waals surface area contributed by atoms with Gasteiger partial charge in [-0.1, -0.05) is 28.9 Å². The number of halogens is 1. The van der Waals surface area contributed by atoms with E-state index in [4.69, 9.17) is 0 Å². The number of carbonyl (C=O) groups excluding carboxylic acids is 1. The fourth-order valence-corrected chi connectivity index (χ4v) is 2.64. The van der Waals surface area contributed by atoms with Crippen LogP contribution in [0.25, 0.3) is 0 Å². The van der Waals surface area contributed by atoms with Crippen molar-refractivity contribution in [2.24, 2.45) is 5.92 Å². The van der Waals surface area contributed by atoms with Gasteiger partial charge in [-0.2, -0.15) is 0 Å². The first kappa shape index (κ1) is 12.4. The molecule has 1 aliphatic heterocycles. The summed E-state index contributed by atoms with van der Waals surface area (Å²) in [6, 6.07) is 6.10. The lowest BCUT2D eigenvalue weighted by molar-refractivity contribution is -0.117. The lowest BCUT2D eigenvalue weighted by atomic mass is 10.1. The molecule has 17 heavy (non-hydrogen) atoms. The highest BCUT2D eigenvalue weighted by Crippen LogP contribution is 2.30. The second kappa shape index (κ2) is 5.05. The SMILES string of the molecule is C=CC1CC(=O)N(c2ccc(Br)cc2CC)C1. The van der Waals surface area contributed by atoms with Gasteiger partial charge in [-0.25, -0.2) is 0 Å². The molecule has 2 nitrogen and oxygen atoms in total. The van der Waals surface area contributed by atoms with Gasteiger partial charge in [0.05, 0.1) is 0 Å². The van der Waals surface area contributed by atoms with Crippen molar-refractivity contribution in [1.29, 1.82) is 0 Å². The normalized spacial score (nSPS) is 19.8. The molecule has 1 aromatic carbocycles. The van der Waals surface area contributed by atoms with Crippen LogP contribution in [0.3, 0.4) is 0 Å². The summed E-state index contributed by atoms with van der Waals surface area (Å²) in [5, 5.41) is 0. The van der Waals surface area contributed by atoms with Crippen molar-refractivity contribution in [3.63, 3.8) is 0 Å². The number of rotatable bonds is 3. The van der Waals surface area contributed by atoms with Crippen molar-refractivity contribution in [3.8, 4) is 0 Å². The van der Waals surface area contributed by atoms with Crippen LogP contribution in [0.15, 0.2) is 35.3 Å². The summed E-state index contributed by atoms with van der Waals surface area (Å²) in [5.74, 6) is 0.489. The van der Waals surface area contributed by atoms with Crippen LogP contribution < -0.4 is 4.90 Å². The molecule has 1 atom stereocenters. The van der Waals surface area contributed by atoms with Crippen LogP contribution in [0.1, 0.15) is 18.9 Å². The first-order valence-corrected chi connectivity index (χ1v) is 6.66. The lowest BCUT2D eigenvalue weighted by Crippen LogP contribution is -2.25. The van der Waals surface area contributed by atoms with Gasteiger partial charge in [-0.05, 0) is 30.2 Å². The minimum Gasteiger partial charge on any atom is -0.312 e. The van der Waals surface area contributed by atoms with E-state index in [1.165, 1.54) is 5.56 Å². The van der Waals surface area contributed by atoms with Crippen LogP contribution >= 0.6 is 15.9 Å². The number of hydrogen-bond acceptors (Lipinski definition) is 1. The standard InChI is InChI=1S/C14H16BrNO/c1-3-10-7-14(17)16(9-10)13-6-5-12(15)8-11(13)4-2/h3,5-6,8,10H,1,4,7,9H2,2H3. The Morgan fingerprint density at radius 3 is 2.94 bits per heavy atom. The fraction of sp³-hybridized carbons (Fsp3) is 0.357. The lowest BCUT2D eigenvalue weighted by Gasteiger charge is -2.20. The minimum atomic E-state index is 0.201. The van der Waals surface area contributed by atoms with Crippen molar-refractivity contribution in [2.75, 3.05) is 11.4 Å². The summed E-state index contributed by atoms with van der Waals surface area (Å²) in [6.45, 7) is 6.64. The van der Waals surface area contributed by atoms with Gasteiger partial charge in [0.2, 0.25) is 5.91 Å². The topological polar surface area (TPSA) is 20.3 Å². The molecular weight excluding hydrogens is 278 g/mol. The minimum absolute atomic E-state index is 0.201. The van der Waals surface area contributed by atoms with Crippen LogP contribution in [0, 0.1) is 5.92 Å². The van der Waals surface area contributed by atoms with E-state index in [-0.39, 0.29) is 11.8 Å². The molecule has 1 aliphatic rings. The Labute approximate surface area is 110 Å². The Balaban J connectivity index is 2.34. The Hall–Kier alpha value is -1.09. The van der Waals surface area contributed by atoms with E-state index in [2.05, 4.69) is 35.5 Å². The molecule has 0 radical (unpaired) electrons. The summed E-state index contributed by atoms with van der Waals surface area (Å²) < 4.78 is 1.06. The maximum Gasteiger partial charge on any atom is 0.227 e. The zero-order valence-electron chi connectivity index (χ0n) is 9.95. The summed E-state index contributed by atoms with van der Waals surface area (Å²) in [7, 11) is 0. The van der Waals surface area contributed by atoms with Gasteiger partial charge >= 0.3 is 0 Å². The predicted octanol–water partition coefficient (Wildman–Crippen LogP) is 3.55. The Morgan fingerprint density at radius 1 is 1.59 bits per heavy atom. The molecule has 0 bridgehead atoms. The molecule has 2 rings (SSSR count). The number of amides is 1. The van der Waals surface area contributed by atoms with E-state index in [1.807, 2.05) is 23.1 Å². The van der Waals surface area contributed by atoms with Gasteiger partial charge in [-0.15, -0.1) is 6.58 Å². The Morgan fingerprint density at radius 2 is 2.35 bits per heavy atom. The highest BCUT2D eigenvalue weighted by molar-refractivity contribution is 9.10. The van der Waals surface area contributed by atoms with E-state index >= 15 is 0 Å². The number of benzene rings is 1. The predicted molar refractivity (Wildman–Crippen MR) is 74.2 cm³/mol. The zero-order chi connectivity index (χ0) is 12.4. The highest BCUT2D eigenvalue weighted by Gasteiger charge is 2.29. The monoisotopic (exact) mass is 293 g/mol. The average Bonchev–Trinajstić information content (AvgIpc) is 2.70. The van der Waals surface area contributed by atoms with Gasteiger partial charge in [0.1, 0.15) is 0 Å². The van der Waals surface area contributed by atoms with Gasteiger partial charge in [-0.3, -0.25) is 4.79 Å². The largest absolute Gasteiger partial charge is 0.312 e. The molecule has 1 amide bonds. The summed E-state index contributed by atoms with van der Waals surface area (Å²) in [5.41, 5.74) is 2.25. The molecule has 90 valence electrons. The first-order valence-electron chi connectivity index (χ1n) is 5.87. The zero-order valence-corrected chi connectivity index (χ0v) is 11.5. The summed E-state index contributed by atoms with van der Waals surface area (Å²) >= 11 is 3.47. The molecule has 1 saturated heterocycles. The number of carbonyl (C=O) groups is 1. The van der Waals surface area contributed by atoms with Gasteiger partial charge < -0.3 is 4.90 Å². The first-order chi connectivity index (χ1) is 8.15. The van der Waals surface area contributed by atoms with Crippen LogP contribution in [0.4, 0.5) is 5.69 Å². The number of aryl methyl sites for hydroxylation is 1. The van der Waals surface area contributed by atoms with Crippen LogP contribution in [-0.4, -0.2) is 12.5 Å². The van der Waals surface area contributed by atoms with E-state index < -0.39 is 0 Å². The fourth-order valence-electron chi connectivity index (χ4n) is 2.23. The van der Waals surface area contributed by atoms with E-state index in [1.54, 1.807) is 0 Å². The van der Waals surface area contributed by atoms with E-state index in [9.17, 15) is 4.79 Å².